The average Bonchev–Trinajstić information content (AvgIpc) is 2.53. The van der Waals surface area contributed by atoms with E-state index in [2.05, 4.69) is 15.0 Å². The summed E-state index contributed by atoms with van der Waals surface area (Å²) in [4.78, 5) is 15.8. The van der Waals surface area contributed by atoms with E-state index in [0.717, 1.165) is 5.06 Å². The Morgan fingerprint density at radius 1 is 1.75 bits per heavy atom. The van der Waals surface area contributed by atoms with Gasteiger partial charge in [-0.1, -0.05) is 0 Å². The minimum atomic E-state index is -0.252. The van der Waals surface area contributed by atoms with Gasteiger partial charge in [-0.2, -0.15) is 0 Å². The summed E-state index contributed by atoms with van der Waals surface area (Å²) in [6, 6.07) is 0. The molecule has 0 bridgehead atoms. The van der Waals surface area contributed by atoms with Crippen LogP contribution in [0.25, 0.3) is 0 Å². The molecule has 6 heteroatoms. The van der Waals surface area contributed by atoms with Crippen LogP contribution in [-0.4, -0.2) is 30.2 Å². The van der Waals surface area contributed by atoms with Gasteiger partial charge in [-0.3, -0.25) is 9.63 Å². The van der Waals surface area contributed by atoms with E-state index in [1.54, 1.807) is 0 Å². The van der Waals surface area contributed by atoms with Crippen LogP contribution in [-0.2, 0) is 4.84 Å². The molecule has 5 nitrogen and oxygen atoms in total. The van der Waals surface area contributed by atoms with Crippen LogP contribution in [0.15, 0.2) is 12.4 Å². The van der Waals surface area contributed by atoms with Crippen LogP contribution in [0, 0.1) is 0 Å². The molecule has 1 amide bonds. The maximum absolute atomic E-state index is 11.2. The first-order valence-electron chi connectivity index (χ1n) is 3.01. The Bertz CT molecular complexity index is 237. The first-order valence-corrected chi connectivity index (χ1v) is 3.01. The van der Waals surface area contributed by atoms with Crippen LogP contribution in [0.4, 0.5) is 0 Å². The van der Waals surface area contributed by atoms with Gasteiger partial charge in [0.25, 0.3) is 5.91 Å². The van der Waals surface area contributed by atoms with Crippen molar-refractivity contribution in [3.8, 4) is 0 Å². The predicted octanol–water partition coefficient (Wildman–Crippen LogP) is -0.328. The summed E-state index contributed by atoms with van der Waals surface area (Å²) in [6.45, 7) is 0. The molecule has 0 aromatic carbocycles. The number of carbonyl (C=O) groups is 1. The minimum absolute atomic E-state index is 0. The zero-order chi connectivity index (χ0) is 8.27. The third-order valence-electron chi connectivity index (χ3n) is 1.27. The molecular formula is C6H8CmN3O2-. The standard InChI is InChI=1S/C6H9N3O2.Cm/c1-9(11-2)6(10)5-3-7-8-4-5;/h3-4H,1-2H3,(H,7,8,10);/p-1. The Hall–Kier alpha value is -2.36. The van der Waals surface area contributed by atoms with Crippen molar-refractivity contribution in [2.24, 2.45) is 0 Å². The van der Waals surface area contributed by atoms with E-state index < -0.39 is 0 Å². The van der Waals surface area contributed by atoms with Gasteiger partial charge in [0.05, 0.1) is 7.11 Å². The first kappa shape index (κ1) is 9.64. The average molecular weight is 401 g/mol. The van der Waals surface area contributed by atoms with Crippen molar-refractivity contribution < 1.29 is 9.63 Å². The molecule has 0 radical (unpaired) electrons. The molecule has 0 N–H and O–H groups in total. The van der Waals surface area contributed by atoms with Crippen molar-refractivity contribution in [1.29, 1.82) is 0 Å². The Balaban J connectivity index is 0.00000121. The maximum Gasteiger partial charge on any atom is 0.276 e. The molecule has 0 aliphatic rings. The molecule has 0 atom stereocenters. The van der Waals surface area contributed by atoms with E-state index in [0.29, 0.717) is 5.56 Å². The zero-order valence-electron chi connectivity index (χ0n) is 6.67. The van der Waals surface area contributed by atoms with E-state index in [9.17, 15) is 4.79 Å². The number of carbonyl (C=O) groups excluding carboxylic acids is 1. The predicted molar refractivity (Wildman–Crippen MR) is 36.7 cm³/mol. The van der Waals surface area contributed by atoms with Gasteiger partial charge < -0.3 is 10.2 Å². The molecule has 0 saturated heterocycles. The Kier molecular flexibility index (Phi) is 2.99. The van der Waals surface area contributed by atoms with E-state index in [4.69, 9.17) is 0 Å². The van der Waals surface area contributed by atoms with Crippen molar-refractivity contribution in [2.45, 2.75) is 0 Å². The SMILES string of the molecule is CON(C)C(=O)c1cn[n-]c1.[Cm]. The quantitative estimate of drug-likeness (QED) is 0.638. The summed E-state index contributed by atoms with van der Waals surface area (Å²) in [5, 5.41) is 8.12. The molecule has 1 aromatic rings. The normalized spacial score (nSPS) is 8.83. The molecule has 68 valence electrons. The molecule has 0 fully saturated rings. The van der Waals surface area contributed by atoms with Gasteiger partial charge in [0.15, 0.2) is 0 Å². The van der Waals surface area contributed by atoms with Gasteiger partial charge in [0.1, 0.15) is 0 Å². The Morgan fingerprint density at radius 3 is 2.83 bits per heavy atom. The number of hydrogen-bond acceptors (Lipinski definition) is 3. The molecule has 1 aromatic heterocycles. The van der Waals surface area contributed by atoms with Gasteiger partial charge in [-0.05, 0) is 0 Å². The zero-order valence-corrected chi connectivity index (χ0v) is 9.61. The van der Waals surface area contributed by atoms with Crippen molar-refractivity contribution in [3.05, 3.63) is 18.0 Å². The largest absolute Gasteiger partial charge is 0.581 e. The summed E-state index contributed by atoms with van der Waals surface area (Å²) in [6.07, 6.45) is 2.77. The minimum Gasteiger partial charge on any atom is -0.581 e. The van der Waals surface area contributed by atoms with Gasteiger partial charge >= 0.3 is 0 Å². The van der Waals surface area contributed by atoms with Crippen molar-refractivity contribution in [3.63, 3.8) is 0 Å². The monoisotopic (exact) mass is 397 g/mol. The Morgan fingerprint density at radius 2 is 2.42 bits per heavy atom. The third-order valence-corrected chi connectivity index (χ3v) is 1.27. The van der Waals surface area contributed by atoms with Crippen LogP contribution in [0.3, 0.4) is 0 Å². The van der Waals surface area contributed by atoms with Crippen molar-refractivity contribution in [1.82, 2.24) is 15.3 Å². The van der Waals surface area contributed by atoms with Gasteiger partial charge in [0.2, 0.25) is 0 Å². The van der Waals surface area contributed by atoms with Crippen LogP contribution >= 0.6 is 0 Å². The first-order chi connectivity index (χ1) is 5.25. The van der Waals surface area contributed by atoms with E-state index >= 15 is 0 Å². The molecule has 0 saturated carbocycles. The summed E-state index contributed by atoms with van der Waals surface area (Å²) in [5.41, 5.74) is 0.425. The number of rotatable bonds is 2. The molecule has 0 aliphatic heterocycles. The van der Waals surface area contributed by atoms with Crippen molar-refractivity contribution >= 4 is 5.91 Å². The molecule has 1 rings (SSSR count). The summed E-state index contributed by atoms with van der Waals surface area (Å²) < 4.78 is 0. The van der Waals surface area contributed by atoms with Crippen LogP contribution in [0.5, 0.6) is 0 Å². The van der Waals surface area contributed by atoms with E-state index in [-0.39, 0.29) is 5.91 Å². The van der Waals surface area contributed by atoms with Crippen LogP contribution in [0.2, 0.25) is 0 Å². The summed E-state index contributed by atoms with van der Waals surface area (Å²) in [7, 11) is 2.94. The topological polar surface area (TPSA) is 56.5 Å². The fourth-order valence-electron chi connectivity index (χ4n) is 0.600. The van der Waals surface area contributed by atoms with Crippen molar-refractivity contribution in [2.75, 3.05) is 14.2 Å². The number of hydrogen-bond donors (Lipinski definition) is 0. The maximum atomic E-state index is 11.2. The van der Waals surface area contributed by atoms with Gasteiger partial charge in [0, 0.05) is 18.8 Å². The van der Waals surface area contributed by atoms with E-state index in [1.807, 2.05) is 0 Å². The van der Waals surface area contributed by atoms with Crippen LogP contribution < -0.4 is 5.10 Å². The molecule has 1 heterocycles. The second-order valence-corrected chi connectivity index (χ2v) is 1.93. The smallest absolute Gasteiger partial charge is 0.276 e. The number of aromatic nitrogens is 2. The van der Waals surface area contributed by atoms with Gasteiger partial charge in [-0.15, -0.1) is 6.20 Å². The molecular weight excluding hydrogens is 393 g/mol. The summed E-state index contributed by atoms with van der Waals surface area (Å²) in [5.74, 6) is -0.252. The van der Waals surface area contributed by atoms with Crippen LogP contribution in [0.1, 0.15) is 10.4 Å². The summed E-state index contributed by atoms with van der Waals surface area (Å²) >= 11 is 0. The fraction of sp³-hybridized carbons (Fsp3) is 0.333. The third kappa shape index (κ3) is 1.57. The molecule has 0 spiro atoms. The second-order valence-electron chi connectivity index (χ2n) is 1.93. The number of nitrogens with zero attached hydrogens (tertiary/aromatic N) is 3. The fourth-order valence-corrected chi connectivity index (χ4v) is 0.600. The second kappa shape index (κ2) is 3.72. The number of amides is 1. The molecule has 0 unspecified atom stereocenters. The number of hydroxylamine groups is 2. The molecule has 12 heavy (non-hydrogen) atoms. The Labute approximate surface area is 63.9 Å². The molecule has 0 aliphatic carbocycles. The van der Waals surface area contributed by atoms with Gasteiger partial charge in [-0.25, -0.2) is 5.06 Å². The van der Waals surface area contributed by atoms with E-state index in [1.165, 1.54) is 26.6 Å².